The molecule has 0 bridgehead atoms. The van der Waals surface area contributed by atoms with E-state index in [0.29, 0.717) is 10.7 Å². The zero-order valence-electron chi connectivity index (χ0n) is 14.7. The molecule has 1 atom stereocenters. The van der Waals surface area contributed by atoms with Gasteiger partial charge in [0.2, 0.25) is 15.9 Å². The van der Waals surface area contributed by atoms with Crippen molar-refractivity contribution in [3.05, 3.63) is 53.6 Å². The van der Waals surface area contributed by atoms with Crippen molar-refractivity contribution in [1.29, 1.82) is 0 Å². The van der Waals surface area contributed by atoms with E-state index < -0.39 is 10.0 Å². The minimum Gasteiger partial charge on any atom is -0.325 e. The van der Waals surface area contributed by atoms with Crippen LogP contribution in [0.4, 0.5) is 5.69 Å². The van der Waals surface area contributed by atoms with Gasteiger partial charge in [-0.15, -0.1) is 11.8 Å². The fraction of sp³-hybridized carbons (Fsp3) is 0.278. The largest absolute Gasteiger partial charge is 0.325 e. The number of halogens is 1. The van der Waals surface area contributed by atoms with Crippen LogP contribution in [0.1, 0.15) is 20.8 Å². The summed E-state index contributed by atoms with van der Waals surface area (Å²) in [5, 5.41) is 3.02. The molecule has 0 aliphatic rings. The Kier molecular flexibility index (Phi) is 7.11. The standard InChI is InChI=1S/C18H21ClN2O3S2/c1-12(2)21-26(23,24)15-10-8-14(9-11-15)20-18(22)13(3)25-17-7-5-4-6-16(17)19/h4-13,21H,1-3H3,(H,20,22)/t13-/m0/s1. The van der Waals surface area contributed by atoms with Gasteiger partial charge in [-0.3, -0.25) is 4.79 Å². The van der Waals surface area contributed by atoms with E-state index in [9.17, 15) is 13.2 Å². The summed E-state index contributed by atoms with van der Waals surface area (Å²) >= 11 is 7.48. The van der Waals surface area contributed by atoms with Gasteiger partial charge in [-0.2, -0.15) is 0 Å². The third-order valence-corrected chi connectivity index (χ3v) is 6.63. The number of hydrogen-bond donors (Lipinski definition) is 2. The second-order valence-corrected chi connectivity index (χ2v) is 9.48. The molecule has 2 aromatic rings. The Hall–Kier alpha value is -1.54. The van der Waals surface area contributed by atoms with Crippen LogP contribution in [-0.4, -0.2) is 25.6 Å². The lowest BCUT2D eigenvalue weighted by molar-refractivity contribution is -0.115. The SMILES string of the molecule is CC(C)NS(=O)(=O)c1ccc(NC(=O)[C@H](C)Sc2ccccc2Cl)cc1. The van der Waals surface area contributed by atoms with Crippen LogP contribution in [0, 0.1) is 0 Å². The first-order valence-corrected chi connectivity index (χ1v) is 10.8. The van der Waals surface area contributed by atoms with E-state index in [2.05, 4.69) is 10.0 Å². The number of carbonyl (C=O) groups excluding carboxylic acids is 1. The molecule has 2 aromatic carbocycles. The number of benzene rings is 2. The molecular weight excluding hydrogens is 392 g/mol. The van der Waals surface area contributed by atoms with Gasteiger partial charge in [-0.25, -0.2) is 13.1 Å². The van der Waals surface area contributed by atoms with Crippen molar-refractivity contribution in [2.45, 2.75) is 41.9 Å². The molecular formula is C18H21ClN2O3S2. The Morgan fingerprint density at radius 3 is 2.23 bits per heavy atom. The summed E-state index contributed by atoms with van der Waals surface area (Å²) in [5.74, 6) is -0.189. The average Bonchev–Trinajstić information content (AvgIpc) is 2.56. The number of amides is 1. The quantitative estimate of drug-likeness (QED) is 0.670. The van der Waals surface area contributed by atoms with Crippen molar-refractivity contribution >= 4 is 45.0 Å². The molecule has 0 radical (unpaired) electrons. The summed E-state index contributed by atoms with van der Waals surface area (Å²) in [5.41, 5.74) is 0.533. The topological polar surface area (TPSA) is 75.3 Å². The van der Waals surface area contributed by atoms with Crippen LogP contribution < -0.4 is 10.0 Å². The van der Waals surface area contributed by atoms with Crippen molar-refractivity contribution in [1.82, 2.24) is 4.72 Å². The highest BCUT2D eigenvalue weighted by Gasteiger charge is 2.18. The number of hydrogen-bond acceptors (Lipinski definition) is 4. The van der Waals surface area contributed by atoms with Gasteiger partial charge in [0.25, 0.3) is 0 Å². The van der Waals surface area contributed by atoms with E-state index in [4.69, 9.17) is 11.6 Å². The van der Waals surface area contributed by atoms with Crippen LogP contribution in [0.5, 0.6) is 0 Å². The summed E-state index contributed by atoms with van der Waals surface area (Å²) < 4.78 is 26.7. The van der Waals surface area contributed by atoms with E-state index >= 15 is 0 Å². The molecule has 8 heteroatoms. The van der Waals surface area contributed by atoms with Crippen LogP contribution in [-0.2, 0) is 14.8 Å². The van der Waals surface area contributed by atoms with Gasteiger partial charge >= 0.3 is 0 Å². The van der Waals surface area contributed by atoms with Crippen LogP contribution in [0.2, 0.25) is 5.02 Å². The molecule has 2 N–H and O–H groups in total. The smallest absolute Gasteiger partial charge is 0.240 e. The van der Waals surface area contributed by atoms with E-state index in [1.807, 2.05) is 18.2 Å². The van der Waals surface area contributed by atoms with Crippen molar-refractivity contribution in [3.8, 4) is 0 Å². The van der Waals surface area contributed by atoms with Crippen molar-refractivity contribution in [2.75, 3.05) is 5.32 Å². The molecule has 0 aromatic heterocycles. The summed E-state index contributed by atoms with van der Waals surface area (Å²) in [6.45, 7) is 5.29. The monoisotopic (exact) mass is 412 g/mol. The molecule has 1 amide bonds. The summed E-state index contributed by atoms with van der Waals surface area (Å²) in [4.78, 5) is 13.3. The first-order valence-electron chi connectivity index (χ1n) is 8.03. The molecule has 140 valence electrons. The molecule has 0 heterocycles. The van der Waals surface area contributed by atoms with E-state index in [-0.39, 0.29) is 22.1 Å². The predicted molar refractivity (Wildman–Crippen MR) is 107 cm³/mol. The number of anilines is 1. The Balaban J connectivity index is 2.02. The Morgan fingerprint density at radius 2 is 1.65 bits per heavy atom. The average molecular weight is 413 g/mol. The molecule has 0 saturated carbocycles. The molecule has 2 rings (SSSR count). The zero-order chi connectivity index (χ0) is 19.3. The first kappa shape index (κ1) is 20.8. The third kappa shape index (κ3) is 5.74. The number of carbonyl (C=O) groups is 1. The highest BCUT2D eigenvalue weighted by atomic mass is 35.5. The summed E-state index contributed by atoms with van der Waals surface area (Å²) in [6.07, 6.45) is 0. The second-order valence-electron chi connectivity index (χ2n) is 5.98. The molecule has 0 spiro atoms. The molecule has 0 fully saturated rings. The predicted octanol–water partition coefficient (Wildman–Crippen LogP) is 4.15. The normalized spacial score (nSPS) is 12.8. The first-order chi connectivity index (χ1) is 12.2. The lowest BCUT2D eigenvalue weighted by Crippen LogP contribution is -2.30. The lowest BCUT2D eigenvalue weighted by atomic mass is 10.3. The van der Waals surface area contributed by atoms with E-state index in [0.717, 1.165) is 4.90 Å². The number of sulfonamides is 1. The molecule has 0 aliphatic heterocycles. The van der Waals surface area contributed by atoms with Gasteiger partial charge in [-0.05, 0) is 57.2 Å². The second kappa shape index (κ2) is 8.90. The van der Waals surface area contributed by atoms with Gasteiger partial charge in [-0.1, -0.05) is 23.7 Å². The fourth-order valence-corrected chi connectivity index (χ4v) is 4.53. The van der Waals surface area contributed by atoms with Gasteiger partial charge in [0.15, 0.2) is 0 Å². The van der Waals surface area contributed by atoms with Gasteiger partial charge in [0.05, 0.1) is 15.2 Å². The van der Waals surface area contributed by atoms with Crippen molar-refractivity contribution < 1.29 is 13.2 Å². The maximum atomic E-state index is 12.3. The lowest BCUT2D eigenvalue weighted by Gasteiger charge is -2.13. The van der Waals surface area contributed by atoms with Crippen LogP contribution in [0.15, 0.2) is 58.3 Å². The fourth-order valence-electron chi connectivity index (χ4n) is 2.12. The van der Waals surface area contributed by atoms with Gasteiger partial charge < -0.3 is 5.32 Å². The van der Waals surface area contributed by atoms with Crippen LogP contribution >= 0.6 is 23.4 Å². The van der Waals surface area contributed by atoms with Crippen molar-refractivity contribution in [2.24, 2.45) is 0 Å². The Labute approximate surface area is 163 Å². The summed E-state index contributed by atoms with van der Waals surface area (Å²) in [6, 6.07) is 13.2. The number of thioether (sulfide) groups is 1. The van der Waals surface area contributed by atoms with E-state index in [1.165, 1.54) is 23.9 Å². The molecule has 0 unspecified atom stereocenters. The molecule has 26 heavy (non-hydrogen) atoms. The number of rotatable bonds is 7. The van der Waals surface area contributed by atoms with E-state index in [1.54, 1.807) is 39.0 Å². The Bertz CT molecular complexity index is 868. The molecule has 0 aliphatic carbocycles. The maximum absolute atomic E-state index is 12.3. The van der Waals surface area contributed by atoms with Crippen molar-refractivity contribution in [3.63, 3.8) is 0 Å². The van der Waals surface area contributed by atoms with Crippen LogP contribution in [0.25, 0.3) is 0 Å². The highest BCUT2D eigenvalue weighted by molar-refractivity contribution is 8.00. The zero-order valence-corrected chi connectivity index (χ0v) is 17.1. The minimum atomic E-state index is -3.55. The maximum Gasteiger partial charge on any atom is 0.240 e. The third-order valence-electron chi connectivity index (χ3n) is 3.33. The summed E-state index contributed by atoms with van der Waals surface area (Å²) in [7, 11) is -3.55. The van der Waals surface area contributed by atoms with Gasteiger partial charge in [0.1, 0.15) is 0 Å². The van der Waals surface area contributed by atoms with Gasteiger partial charge in [0, 0.05) is 16.6 Å². The highest BCUT2D eigenvalue weighted by Crippen LogP contribution is 2.30. The Morgan fingerprint density at radius 1 is 1.04 bits per heavy atom. The molecule has 0 saturated heterocycles. The minimum absolute atomic E-state index is 0.155. The number of nitrogens with one attached hydrogen (secondary N) is 2. The molecule has 5 nitrogen and oxygen atoms in total. The van der Waals surface area contributed by atoms with Crippen LogP contribution in [0.3, 0.4) is 0 Å².